The first-order valence-corrected chi connectivity index (χ1v) is 8.13. The summed E-state index contributed by atoms with van der Waals surface area (Å²) in [6, 6.07) is 5.35. The molecule has 0 radical (unpaired) electrons. The molecule has 1 N–H and O–H groups in total. The molecular formula is C17H22N4O3. The minimum atomic E-state index is -0.0121. The molecular weight excluding hydrogens is 308 g/mol. The van der Waals surface area contributed by atoms with E-state index in [9.17, 15) is 9.59 Å². The van der Waals surface area contributed by atoms with E-state index in [1.54, 1.807) is 36.9 Å². The highest BCUT2D eigenvalue weighted by Gasteiger charge is 2.25. The standard InChI is InChI=1S/C17H22N4O3/c1-12-9-15(19-24-12)18-17(23)14-4-7-21(8-5-14)11-13-3-6-20(2)16(22)10-13/h3,6,9-10,14H,4-5,7-8,11H2,1-2H3,(H,18,19,23). The van der Waals surface area contributed by atoms with Gasteiger partial charge in [0.2, 0.25) is 5.91 Å². The van der Waals surface area contributed by atoms with Crippen LogP contribution < -0.4 is 10.9 Å². The van der Waals surface area contributed by atoms with Crippen LogP contribution in [0.25, 0.3) is 0 Å². The van der Waals surface area contributed by atoms with Gasteiger partial charge in [0.15, 0.2) is 5.82 Å². The number of nitrogens with one attached hydrogen (secondary N) is 1. The highest BCUT2D eigenvalue weighted by molar-refractivity contribution is 5.91. The number of aryl methyl sites for hydroxylation is 2. The van der Waals surface area contributed by atoms with Gasteiger partial charge in [-0.3, -0.25) is 14.5 Å². The molecule has 0 unspecified atom stereocenters. The maximum atomic E-state index is 12.3. The summed E-state index contributed by atoms with van der Waals surface area (Å²) in [5.41, 5.74) is 1.02. The Bertz CT molecular complexity index is 772. The first-order valence-electron chi connectivity index (χ1n) is 8.13. The second-order valence-electron chi connectivity index (χ2n) is 6.35. The van der Waals surface area contributed by atoms with E-state index in [2.05, 4.69) is 15.4 Å². The molecule has 0 bridgehead atoms. The Balaban J connectivity index is 1.50. The fourth-order valence-corrected chi connectivity index (χ4v) is 2.95. The summed E-state index contributed by atoms with van der Waals surface area (Å²) < 4.78 is 6.52. The molecule has 3 heterocycles. The van der Waals surface area contributed by atoms with Crippen molar-refractivity contribution in [2.45, 2.75) is 26.3 Å². The number of rotatable bonds is 4. The normalized spacial score (nSPS) is 16.2. The lowest BCUT2D eigenvalue weighted by molar-refractivity contribution is -0.121. The molecule has 0 saturated carbocycles. The predicted molar refractivity (Wildman–Crippen MR) is 89.6 cm³/mol. The van der Waals surface area contributed by atoms with Crippen molar-refractivity contribution in [1.82, 2.24) is 14.6 Å². The number of nitrogens with zero attached hydrogens (tertiary/aromatic N) is 3. The van der Waals surface area contributed by atoms with Crippen LogP contribution in [-0.4, -0.2) is 33.6 Å². The lowest BCUT2D eigenvalue weighted by Gasteiger charge is -2.31. The third-order valence-corrected chi connectivity index (χ3v) is 4.41. The van der Waals surface area contributed by atoms with Gasteiger partial charge >= 0.3 is 0 Å². The van der Waals surface area contributed by atoms with Crippen molar-refractivity contribution < 1.29 is 9.32 Å². The Morgan fingerprint density at radius 3 is 2.75 bits per heavy atom. The fraction of sp³-hybridized carbons (Fsp3) is 0.471. The Kier molecular flexibility index (Phi) is 4.80. The van der Waals surface area contributed by atoms with Crippen LogP contribution in [-0.2, 0) is 18.4 Å². The van der Waals surface area contributed by atoms with Crippen LogP contribution in [0.1, 0.15) is 24.2 Å². The number of aromatic nitrogens is 2. The van der Waals surface area contributed by atoms with Gasteiger partial charge in [-0.1, -0.05) is 5.16 Å². The highest BCUT2D eigenvalue weighted by atomic mass is 16.5. The Morgan fingerprint density at radius 2 is 2.12 bits per heavy atom. The summed E-state index contributed by atoms with van der Waals surface area (Å²) in [6.07, 6.45) is 3.39. The van der Waals surface area contributed by atoms with Gasteiger partial charge in [-0.15, -0.1) is 0 Å². The number of hydrogen-bond donors (Lipinski definition) is 1. The monoisotopic (exact) mass is 330 g/mol. The summed E-state index contributed by atoms with van der Waals surface area (Å²) in [5.74, 6) is 1.13. The number of anilines is 1. The van der Waals surface area contributed by atoms with Crippen molar-refractivity contribution in [3.63, 3.8) is 0 Å². The Labute approximate surface area is 140 Å². The number of amides is 1. The van der Waals surface area contributed by atoms with E-state index in [1.807, 2.05) is 6.07 Å². The van der Waals surface area contributed by atoms with E-state index in [1.165, 1.54) is 0 Å². The number of hydrogen-bond acceptors (Lipinski definition) is 5. The minimum Gasteiger partial charge on any atom is -0.360 e. The second-order valence-corrected chi connectivity index (χ2v) is 6.35. The maximum Gasteiger partial charge on any atom is 0.250 e. The van der Waals surface area contributed by atoms with Crippen molar-refractivity contribution in [2.75, 3.05) is 18.4 Å². The molecule has 2 aromatic heterocycles. The summed E-state index contributed by atoms with van der Waals surface area (Å²) in [7, 11) is 1.74. The van der Waals surface area contributed by atoms with Gasteiger partial charge in [-0.05, 0) is 44.5 Å². The van der Waals surface area contributed by atoms with Gasteiger partial charge < -0.3 is 14.4 Å². The first kappa shape index (κ1) is 16.4. The zero-order valence-corrected chi connectivity index (χ0v) is 14.0. The third kappa shape index (κ3) is 3.91. The van der Waals surface area contributed by atoms with Crippen LogP contribution in [0.4, 0.5) is 5.82 Å². The van der Waals surface area contributed by atoms with Gasteiger partial charge in [0.1, 0.15) is 5.76 Å². The zero-order chi connectivity index (χ0) is 17.1. The average Bonchev–Trinajstić information content (AvgIpc) is 2.96. The molecule has 1 amide bonds. The van der Waals surface area contributed by atoms with Gasteiger partial charge in [-0.25, -0.2) is 0 Å². The largest absolute Gasteiger partial charge is 0.360 e. The van der Waals surface area contributed by atoms with E-state index in [4.69, 9.17) is 4.52 Å². The van der Waals surface area contributed by atoms with Crippen LogP contribution in [0.2, 0.25) is 0 Å². The molecule has 7 heteroatoms. The molecule has 1 saturated heterocycles. The molecule has 2 aromatic rings. The van der Waals surface area contributed by atoms with Crippen LogP contribution in [0.5, 0.6) is 0 Å². The summed E-state index contributed by atoms with van der Waals surface area (Å²) in [5, 5.41) is 6.59. The Hall–Kier alpha value is -2.41. The van der Waals surface area contributed by atoms with Crippen molar-refractivity contribution in [1.29, 1.82) is 0 Å². The molecule has 1 aliphatic rings. The van der Waals surface area contributed by atoms with E-state index in [-0.39, 0.29) is 17.4 Å². The number of piperidine rings is 1. The van der Waals surface area contributed by atoms with Crippen LogP contribution in [0, 0.1) is 12.8 Å². The average molecular weight is 330 g/mol. The Morgan fingerprint density at radius 1 is 1.38 bits per heavy atom. The predicted octanol–water partition coefficient (Wildman–Crippen LogP) is 1.53. The summed E-state index contributed by atoms with van der Waals surface area (Å²) in [4.78, 5) is 26.2. The molecule has 1 aliphatic heterocycles. The quantitative estimate of drug-likeness (QED) is 0.919. The fourth-order valence-electron chi connectivity index (χ4n) is 2.95. The maximum absolute atomic E-state index is 12.3. The van der Waals surface area contributed by atoms with Gasteiger partial charge in [-0.2, -0.15) is 0 Å². The molecule has 128 valence electrons. The SMILES string of the molecule is Cc1cc(NC(=O)C2CCN(Cc3ccn(C)c(=O)c3)CC2)no1. The number of pyridine rings is 1. The number of likely N-dealkylation sites (tertiary alicyclic amines) is 1. The smallest absolute Gasteiger partial charge is 0.250 e. The first-order chi connectivity index (χ1) is 11.5. The van der Waals surface area contributed by atoms with Crippen LogP contribution >= 0.6 is 0 Å². The molecule has 24 heavy (non-hydrogen) atoms. The molecule has 0 aromatic carbocycles. The van der Waals surface area contributed by atoms with Gasteiger partial charge in [0.05, 0.1) is 0 Å². The molecule has 3 rings (SSSR count). The zero-order valence-electron chi connectivity index (χ0n) is 14.0. The second kappa shape index (κ2) is 7.00. The highest BCUT2D eigenvalue weighted by Crippen LogP contribution is 2.20. The molecule has 0 aliphatic carbocycles. The minimum absolute atomic E-state index is 0.00321. The lowest BCUT2D eigenvalue weighted by atomic mass is 9.95. The van der Waals surface area contributed by atoms with E-state index in [0.717, 1.165) is 38.0 Å². The van der Waals surface area contributed by atoms with E-state index in [0.29, 0.717) is 11.6 Å². The molecule has 0 spiro atoms. The summed E-state index contributed by atoms with van der Waals surface area (Å²) in [6.45, 7) is 4.21. The lowest BCUT2D eigenvalue weighted by Crippen LogP contribution is -2.38. The molecule has 7 nitrogen and oxygen atoms in total. The van der Waals surface area contributed by atoms with Crippen LogP contribution in [0.15, 0.2) is 33.7 Å². The molecule has 1 fully saturated rings. The third-order valence-electron chi connectivity index (χ3n) is 4.41. The van der Waals surface area contributed by atoms with Crippen molar-refractivity contribution in [3.8, 4) is 0 Å². The number of carbonyl (C=O) groups is 1. The number of carbonyl (C=O) groups excluding carboxylic acids is 1. The van der Waals surface area contributed by atoms with Crippen molar-refractivity contribution >= 4 is 11.7 Å². The van der Waals surface area contributed by atoms with E-state index < -0.39 is 0 Å². The topological polar surface area (TPSA) is 80.4 Å². The van der Waals surface area contributed by atoms with E-state index >= 15 is 0 Å². The summed E-state index contributed by atoms with van der Waals surface area (Å²) >= 11 is 0. The van der Waals surface area contributed by atoms with Crippen molar-refractivity contribution in [2.24, 2.45) is 13.0 Å². The van der Waals surface area contributed by atoms with Crippen LogP contribution in [0.3, 0.4) is 0 Å². The van der Waals surface area contributed by atoms with Gasteiger partial charge in [0, 0.05) is 37.8 Å². The molecule has 0 atom stereocenters. The van der Waals surface area contributed by atoms with Gasteiger partial charge in [0.25, 0.3) is 5.56 Å². The van der Waals surface area contributed by atoms with Crippen molar-refractivity contribution in [3.05, 3.63) is 46.1 Å².